The van der Waals surface area contributed by atoms with Crippen molar-refractivity contribution in [3.8, 4) is 0 Å². The molecule has 7 heteroatoms. The van der Waals surface area contributed by atoms with E-state index in [0.29, 0.717) is 5.56 Å². The van der Waals surface area contributed by atoms with Crippen molar-refractivity contribution in [3.05, 3.63) is 101 Å². The number of fused-ring (bicyclic) bond motifs is 5. The maximum absolute atomic E-state index is 13.9. The molecule has 0 spiro atoms. The Morgan fingerprint density at radius 1 is 0.848 bits per heavy atom. The van der Waals surface area contributed by atoms with Gasteiger partial charge in [0.1, 0.15) is 11.9 Å². The van der Waals surface area contributed by atoms with Crippen molar-refractivity contribution in [1.29, 1.82) is 0 Å². The number of carbonyl (C=O) groups excluding carboxylic acids is 3. The highest BCUT2D eigenvalue weighted by molar-refractivity contribution is 6.24. The number of benzene rings is 3. The van der Waals surface area contributed by atoms with Crippen LogP contribution in [0.2, 0.25) is 0 Å². The van der Waals surface area contributed by atoms with Gasteiger partial charge >= 0.3 is 0 Å². The molecule has 4 atom stereocenters. The van der Waals surface area contributed by atoms with E-state index >= 15 is 0 Å². The van der Waals surface area contributed by atoms with E-state index in [9.17, 15) is 18.8 Å². The van der Waals surface area contributed by atoms with Gasteiger partial charge in [-0.05, 0) is 29.3 Å². The molecule has 162 valence electrons. The first-order valence-corrected chi connectivity index (χ1v) is 10.7. The smallest absolute Gasteiger partial charge is 0.240 e. The normalized spacial score (nSPS) is 25.1. The van der Waals surface area contributed by atoms with Crippen LogP contribution in [0, 0.1) is 17.7 Å². The summed E-state index contributed by atoms with van der Waals surface area (Å²) in [4.78, 5) is 42.0. The zero-order valence-electron chi connectivity index (χ0n) is 17.3. The van der Waals surface area contributed by atoms with Crippen molar-refractivity contribution in [2.45, 2.75) is 12.1 Å². The summed E-state index contributed by atoms with van der Waals surface area (Å²) >= 11 is 0. The maximum atomic E-state index is 13.9. The molecule has 2 fully saturated rings. The third-order valence-corrected chi connectivity index (χ3v) is 6.69. The number of carbonyl (C=O) groups is 3. The molecule has 6 rings (SSSR count). The maximum Gasteiger partial charge on any atom is 0.240 e. The van der Waals surface area contributed by atoms with Gasteiger partial charge in [0.05, 0.1) is 29.8 Å². The van der Waals surface area contributed by atoms with E-state index in [1.807, 2.05) is 30.3 Å². The highest BCUT2D eigenvalue weighted by Gasteiger charge is 2.65. The average Bonchev–Trinajstić information content (AvgIpc) is 3.32. The largest absolute Gasteiger partial charge is 0.292 e. The number of halogens is 1. The second kappa shape index (κ2) is 7.20. The molecule has 2 amide bonds. The van der Waals surface area contributed by atoms with Crippen LogP contribution in [0.4, 0.5) is 10.1 Å². The summed E-state index contributed by atoms with van der Waals surface area (Å²) in [6.07, 6.45) is 1.66. The molecule has 6 nitrogen and oxygen atoms in total. The van der Waals surface area contributed by atoms with E-state index in [1.54, 1.807) is 35.5 Å². The lowest BCUT2D eigenvalue weighted by Gasteiger charge is -2.33. The predicted molar refractivity (Wildman–Crippen MR) is 119 cm³/mol. The van der Waals surface area contributed by atoms with Crippen LogP contribution in [0.5, 0.6) is 0 Å². The first-order chi connectivity index (χ1) is 16.1. The van der Waals surface area contributed by atoms with Crippen molar-refractivity contribution in [2.75, 3.05) is 4.90 Å². The van der Waals surface area contributed by atoms with Crippen LogP contribution in [0.15, 0.2) is 84.0 Å². The Hall–Kier alpha value is -4.13. The molecule has 3 aromatic rings. The van der Waals surface area contributed by atoms with Crippen molar-refractivity contribution in [2.24, 2.45) is 16.9 Å². The van der Waals surface area contributed by atoms with Crippen molar-refractivity contribution < 1.29 is 18.8 Å². The van der Waals surface area contributed by atoms with Crippen LogP contribution in [0.3, 0.4) is 0 Å². The minimum Gasteiger partial charge on any atom is -0.292 e. The van der Waals surface area contributed by atoms with Gasteiger partial charge in [-0.15, -0.1) is 0 Å². The molecule has 3 aliphatic heterocycles. The van der Waals surface area contributed by atoms with Gasteiger partial charge in [-0.2, -0.15) is 5.10 Å². The third-order valence-electron chi connectivity index (χ3n) is 6.69. The first kappa shape index (κ1) is 19.5. The Morgan fingerprint density at radius 2 is 1.58 bits per heavy atom. The third kappa shape index (κ3) is 2.78. The molecule has 2 saturated heterocycles. The second-order valence-corrected chi connectivity index (χ2v) is 8.42. The molecule has 0 aromatic heterocycles. The second-order valence-electron chi connectivity index (χ2n) is 8.42. The lowest BCUT2D eigenvalue weighted by Crippen LogP contribution is -2.44. The van der Waals surface area contributed by atoms with Crippen LogP contribution in [0.25, 0.3) is 0 Å². The lowest BCUT2D eigenvalue weighted by molar-refractivity contribution is -0.124. The highest BCUT2D eigenvalue weighted by atomic mass is 19.1. The Morgan fingerprint density at radius 3 is 2.36 bits per heavy atom. The van der Waals surface area contributed by atoms with E-state index in [1.165, 1.54) is 18.2 Å². The number of anilines is 1. The molecule has 0 bridgehead atoms. The number of amides is 2. The van der Waals surface area contributed by atoms with Gasteiger partial charge in [0.25, 0.3) is 0 Å². The summed E-state index contributed by atoms with van der Waals surface area (Å²) in [5.74, 6) is -3.50. The molecule has 0 N–H and O–H groups in total. The number of hydrazone groups is 1. The van der Waals surface area contributed by atoms with Crippen LogP contribution in [-0.4, -0.2) is 34.9 Å². The van der Waals surface area contributed by atoms with E-state index in [-0.39, 0.29) is 11.5 Å². The van der Waals surface area contributed by atoms with Crippen LogP contribution in [-0.2, 0) is 9.59 Å². The van der Waals surface area contributed by atoms with E-state index in [4.69, 9.17) is 0 Å². The topological polar surface area (TPSA) is 70.0 Å². The minimum absolute atomic E-state index is 0.171. The summed E-state index contributed by atoms with van der Waals surface area (Å²) in [5.41, 5.74) is 2.30. The molecule has 0 aliphatic carbocycles. The molecule has 33 heavy (non-hydrogen) atoms. The monoisotopic (exact) mass is 439 g/mol. The number of imide groups is 1. The zero-order valence-corrected chi connectivity index (χ0v) is 17.3. The Balaban J connectivity index is 1.51. The molecule has 3 aromatic carbocycles. The van der Waals surface area contributed by atoms with Gasteiger partial charge in [0.15, 0.2) is 5.78 Å². The fraction of sp³-hybridized carbons (Fsp3) is 0.154. The quantitative estimate of drug-likeness (QED) is 0.462. The summed E-state index contributed by atoms with van der Waals surface area (Å²) in [6.45, 7) is 0. The van der Waals surface area contributed by atoms with Gasteiger partial charge < -0.3 is 0 Å². The van der Waals surface area contributed by atoms with Crippen molar-refractivity contribution in [3.63, 3.8) is 0 Å². The Labute approximate surface area is 188 Å². The Bertz CT molecular complexity index is 1340. The van der Waals surface area contributed by atoms with Crippen LogP contribution >= 0.6 is 0 Å². The number of nitrogens with zero attached hydrogens (tertiary/aromatic N) is 3. The van der Waals surface area contributed by atoms with E-state index in [2.05, 4.69) is 5.10 Å². The summed E-state index contributed by atoms with van der Waals surface area (Å²) in [5, 5.41) is 6.15. The molecule has 0 radical (unpaired) electrons. The van der Waals surface area contributed by atoms with Gasteiger partial charge in [0.2, 0.25) is 11.8 Å². The summed E-state index contributed by atoms with van der Waals surface area (Å²) in [7, 11) is 0. The summed E-state index contributed by atoms with van der Waals surface area (Å²) in [6, 6.07) is 20.1. The minimum atomic E-state index is -0.943. The fourth-order valence-electron chi connectivity index (χ4n) is 5.31. The molecule has 3 heterocycles. The van der Waals surface area contributed by atoms with Crippen LogP contribution in [0.1, 0.15) is 27.5 Å². The standard InChI is InChI=1S/C26H18FN3O3/c27-17-10-6-11-18(13-17)29-25(32)20-21(26(29)33)23(24(31)15-7-2-1-3-8-15)30-22(20)19-12-5-4-9-16(19)14-28-30/h1-14,20-23H. The number of hydrogen-bond acceptors (Lipinski definition) is 5. The first-order valence-electron chi connectivity index (χ1n) is 10.7. The van der Waals surface area contributed by atoms with Gasteiger partial charge in [-0.25, -0.2) is 9.29 Å². The fourth-order valence-corrected chi connectivity index (χ4v) is 5.31. The highest BCUT2D eigenvalue weighted by Crippen LogP contribution is 2.53. The van der Waals surface area contributed by atoms with Crippen LogP contribution < -0.4 is 4.90 Å². The lowest BCUT2D eigenvalue weighted by atomic mass is 9.83. The molecule has 4 unspecified atom stereocenters. The van der Waals surface area contributed by atoms with Gasteiger partial charge in [0, 0.05) is 5.56 Å². The van der Waals surface area contributed by atoms with Gasteiger partial charge in [-0.3, -0.25) is 19.4 Å². The molecular weight excluding hydrogens is 421 g/mol. The van der Waals surface area contributed by atoms with Crippen molar-refractivity contribution in [1.82, 2.24) is 5.01 Å². The number of hydrogen-bond donors (Lipinski definition) is 0. The average molecular weight is 439 g/mol. The number of Topliss-reactive ketones (excluding diaryl/α,β-unsaturated/α-hetero) is 1. The molecular formula is C26H18FN3O3. The molecule has 3 aliphatic rings. The van der Waals surface area contributed by atoms with E-state index in [0.717, 1.165) is 22.1 Å². The van der Waals surface area contributed by atoms with Crippen molar-refractivity contribution >= 4 is 29.5 Å². The SMILES string of the molecule is O=C(c1ccccc1)C1C2C(=O)N(c3cccc(F)c3)C(=O)C2C2c3ccccc3C=NN12. The molecule has 0 saturated carbocycles. The number of rotatable bonds is 3. The zero-order chi connectivity index (χ0) is 22.7. The van der Waals surface area contributed by atoms with E-state index < -0.39 is 41.6 Å². The number of ketones is 1. The Kier molecular flexibility index (Phi) is 4.26. The van der Waals surface area contributed by atoms with Gasteiger partial charge in [-0.1, -0.05) is 60.7 Å². The predicted octanol–water partition coefficient (Wildman–Crippen LogP) is 3.59. The summed E-state index contributed by atoms with van der Waals surface area (Å²) < 4.78 is 13.9.